The summed E-state index contributed by atoms with van der Waals surface area (Å²) < 4.78 is 17.5. The summed E-state index contributed by atoms with van der Waals surface area (Å²) in [6.07, 6.45) is 5.20. The number of benzene rings is 1. The monoisotopic (exact) mass is 374 g/mol. The summed E-state index contributed by atoms with van der Waals surface area (Å²) in [6, 6.07) is 8.56. The molecule has 3 aliphatic heterocycles. The first-order chi connectivity index (χ1) is 13.3. The van der Waals surface area contributed by atoms with Crippen molar-refractivity contribution in [3.8, 4) is 5.75 Å². The first kappa shape index (κ1) is 18.7. The fourth-order valence-electron chi connectivity index (χ4n) is 4.35. The Balaban J connectivity index is 1.42. The second-order valence-corrected chi connectivity index (χ2v) is 7.73. The highest BCUT2D eigenvalue weighted by Crippen LogP contribution is 2.24. The Morgan fingerprint density at radius 3 is 2.78 bits per heavy atom. The molecule has 0 spiro atoms. The smallest absolute Gasteiger partial charge is 0.258 e. The first-order valence-electron chi connectivity index (χ1n) is 10.2. The summed E-state index contributed by atoms with van der Waals surface area (Å²) in [5.74, 6) is 0.746. The minimum atomic E-state index is -0.0727. The molecule has 0 unspecified atom stereocenters. The Kier molecular flexibility index (Phi) is 6.27. The van der Waals surface area contributed by atoms with E-state index in [1.54, 1.807) is 0 Å². The number of para-hydroxylation sites is 1. The van der Waals surface area contributed by atoms with Gasteiger partial charge in [-0.05, 0) is 43.7 Å². The Bertz CT molecular complexity index is 632. The average Bonchev–Trinajstić information content (AvgIpc) is 3.10. The molecule has 0 radical (unpaired) electrons. The number of fused-ring (bicyclic) bond motifs is 2. The van der Waals surface area contributed by atoms with Crippen LogP contribution in [0.15, 0.2) is 24.3 Å². The van der Waals surface area contributed by atoms with Crippen molar-refractivity contribution < 1.29 is 19.0 Å². The molecule has 2 atom stereocenters. The highest BCUT2D eigenvalue weighted by molar-refractivity contribution is 5.78. The lowest BCUT2D eigenvalue weighted by molar-refractivity contribution is -0.124. The summed E-state index contributed by atoms with van der Waals surface area (Å²) in [5, 5.41) is 3.16. The van der Waals surface area contributed by atoms with Crippen molar-refractivity contribution >= 4 is 5.91 Å². The van der Waals surface area contributed by atoms with Gasteiger partial charge in [0.2, 0.25) is 0 Å². The molecule has 148 valence electrons. The molecule has 2 fully saturated rings. The number of rotatable bonds is 1. The van der Waals surface area contributed by atoms with E-state index >= 15 is 0 Å². The van der Waals surface area contributed by atoms with Crippen molar-refractivity contribution in [3.05, 3.63) is 29.8 Å². The van der Waals surface area contributed by atoms with Gasteiger partial charge in [0.25, 0.3) is 5.91 Å². The van der Waals surface area contributed by atoms with Crippen LogP contribution in [0, 0.1) is 0 Å². The SMILES string of the molecule is O=C1COc2ccccc2CCCCO[C@@H]2CN(C3CCOCC3)C[C@@H]2N1. The number of aryl methyl sites for hydroxylation is 1. The van der Waals surface area contributed by atoms with E-state index in [-0.39, 0.29) is 24.7 Å². The average molecular weight is 374 g/mol. The number of amides is 1. The third-order valence-corrected chi connectivity index (χ3v) is 5.85. The normalized spacial score (nSPS) is 28.7. The first-order valence-corrected chi connectivity index (χ1v) is 10.2. The molecule has 0 aromatic heterocycles. The van der Waals surface area contributed by atoms with Crippen LogP contribution >= 0.6 is 0 Å². The molecule has 2 saturated heterocycles. The van der Waals surface area contributed by atoms with Crippen LogP contribution in [0.5, 0.6) is 5.75 Å². The number of hydrogen-bond acceptors (Lipinski definition) is 5. The van der Waals surface area contributed by atoms with E-state index in [1.165, 1.54) is 0 Å². The Morgan fingerprint density at radius 2 is 1.89 bits per heavy atom. The van der Waals surface area contributed by atoms with Gasteiger partial charge in [0.1, 0.15) is 5.75 Å². The number of likely N-dealkylation sites (tertiary alicyclic amines) is 1. The van der Waals surface area contributed by atoms with Crippen LogP contribution in [0.3, 0.4) is 0 Å². The van der Waals surface area contributed by atoms with Crippen LogP contribution in [0.2, 0.25) is 0 Å². The molecule has 0 saturated carbocycles. The second kappa shape index (κ2) is 9.04. The van der Waals surface area contributed by atoms with E-state index in [0.29, 0.717) is 6.04 Å². The quantitative estimate of drug-likeness (QED) is 0.812. The molecule has 0 aliphatic carbocycles. The van der Waals surface area contributed by atoms with Gasteiger partial charge in [-0.25, -0.2) is 0 Å². The second-order valence-electron chi connectivity index (χ2n) is 7.73. The lowest BCUT2D eigenvalue weighted by Gasteiger charge is -2.30. The van der Waals surface area contributed by atoms with Crippen molar-refractivity contribution in [3.63, 3.8) is 0 Å². The van der Waals surface area contributed by atoms with Crippen molar-refractivity contribution in [2.45, 2.75) is 50.3 Å². The lowest BCUT2D eigenvalue weighted by atomic mass is 10.1. The molecule has 27 heavy (non-hydrogen) atoms. The van der Waals surface area contributed by atoms with Crippen molar-refractivity contribution in [2.24, 2.45) is 0 Å². The highest BCUT2D eigenvalue weighted by Gasteiger charge is 2.38. The maximum atomic E-state index is 12.5. The Morgan fingerprint density at radius 1 is 1.04 bits per heavy atom. The topological polar surface area (TPSA) is 60.0 Å². The van der Waals surface area contributed by atoms with E-state index in [2.05, 4.69) is 16.3 Å². The Hall–Kier alpha value is -1.63. The van der Waals surface area contributed by atoms with Gasteiger partial charge in [0.05, 0.1) is 12.1 Å². The summed E-state index contributed by atoms with van der Waals surface area (Å²) in [5.41, 5.74) is 1.16. The molecular weight excluding hydrogens is 344 g/mol. The predicted molar refractivity (Wildman–Crippen MR) is 102 cm³/mol. The van der Waals surface area contributed by atoms with E-state index in [1.807, 2.05) is 18.2 Å². The molecule has 3 aliphatic rings. The molecule has 1 aromatic carbocycles. The van der Waals surface area contributed by atoms with Crippen molar-refractivity contribution in [2.75, 3.05) is 39.5 Å². The standard InChI is InChI=1S/C21H30N2O4/c24-21-15-27-19-7-2-1-5-16(19)6-3-4-10-26-20-14-23(13-18(20)22-21)17-8-11-25-12-9-17/h1-2,5,7,17-18,20H,3-4,6,8-15H2,(H,22,24)/t18-,20+/m0/s1. The van der Waals surface area contributed by atoms with Crippen LogP contribution in [-0.2, 0) is 20.7 Å². The molecular formula is C21H30N2O4. The van der Waals surface area contributed by atoms with Crippen LogP contribution in [0.4, 0.5) is 0 Å². The summed E-state index contributed by atoms with van der Waals surface area (Å²) in [4.78, 5) is 15.0. The van der Waals surface area contributed by atoms with E-state index in [0.717, 1.165) is 76.3 Å². The molecule has 1 aromatic rings. The zero-order valence-corrected chi connectivity index (χ0v) is 15.9. The number of carbonyl (C=O) groups is 1. The third kappa shape index (κ3) is 4.81. The van der Waals surface area contributed by atoms with Gasteiger partial charge in [-0.3, -0.25) is 9.69 Å². The van der Waals surface area contributed by atoms with E-state index < -0.39 is 0 Å². The molecule has 6 heteroatoms. The number of hydrogen-bond donors (Lipinski definition) is 1. The zero-order chi connectivity index (χ0) is 18.5. The van der Waals surface area contributed by atoms with Gasteiger partial charge in [0, 0.05) is 39.0 Å². The van der Waals surface area contributed by atoms with Crippen LogP contribution < -0.4 is 10.1 Å². The fourth-order valence-corrected chi connectivity index (χ4v) is 4.35. The maximum absolute atomic E-state index is 12.5. The highest BCUT2D eigenvalue weighted by atomic mass is 16.5. The largest absolute Gasteiger partial charge is 0.483 e. The fraction of sp³-hybridized carbons (Fsp3) is 0.667. The molecule has 4 rings (SSSR count). The third-order valence-electron chi connectivity index (χ3n) is 5.85. The van der Waals surface area contributed by atoms with Gasteiger partial charge in [-0.15, -0.1) is 0 Å². The molecule has 1 N–H and O–H groups in total. The van der Waals surface area contributed by atoms with Gasteiger partial charge in [0.15, 0.2) is 6.61 Å². The molecule has 6 nitrogen and oxygen atoms in total. The van der Waals surface area contributed by atoms with Gasteiger partial charge < -0.3 is 19.5 Å². The van der Waals surface area contributed by atoms with Gasteiger partial charge >= 0.3 is 0 Å². The van der Waals surface area contributed by atoms with Crippen LogP contribution in [0.25, 0.3) is 0 Å². The predicted octanol–water partition coefficient (Wildman–Crippen LogP) is 1.77. The number of carbonyl (C=O) groups excluding carboxylic acids is 1. The van der Waals surface area contributed by atoms with E-state index in [9.17, 15) is 4.79 Å². The molecule has 0 bridgehead atoms. The minimum absolute atomic E-state index is 0.0277. The van der Waals surface area contributed by atoms with Crippen molar-refractivity contribution in [1.82, 2.24) is 10.2 Å². The van der Waals surface area contributed by atoms with Crippen molar-refractivity contribution in [1.29, 1.82) is 0 Å². The van der Waals surface area contributed by atoms with Gasteiger partial charge in [-0.2, -0.15) is 0 Å². The van der Waals surface area contributed by atoms with Crippen LogP contribution in [0.1, 0.15) is 31.2 Å². The zero-order valence-electron chi connectivity index (χ0n) is 15.9. The molecule has 1 amide bonds. The summed E-state index contributed by atoms with van der Waals surface area (Å²) >= 11 is 0. The number of nitrogens with one attached hydrogen (secondary N) is 1. The minimum Gasteiger partial charge on any atom is -0.483 e. The number of ether oxygens (including phenoxy) is 3. The maximum Gasteiger partial charge on any atom is 0.258 e. The number of nitrogens with zero attached hydrogens (tertiary/aromatic N) is 1. The summed E-state index contributed by atoms with van der Waals surface area (Å²) in [7, 11) is 0. The summed E-state index contributed by atoms with van der Waals surface area (Å²) in [6.45, 7) is 4.18. The lowest BCUT2D eigenvalue weighted by Crippen LogP contribution is -2.46. The van der Waals surface area contributed by atoms with Crippen LogP contribution in [-0.4, -0.2) is 68.5 Å². The van der Waals surface area contributed by atoms with E-state index in [4.69, 9.17) is 14.2 Å². The van der Waals surface area contributed by atoms with Gasteiger partial charge in [-0.1, -0.05) is 18.2 Å². The molecule has 3 heterocycles. The Labute approximate surface area is 161 Å².